The van der Waals surface area contributed by atoms with E-state index in [9.17, 15) is 14.9 Å². The molecule has 0 spiro atoms. The van der Waals surface area contributed by atoms with Gasteiger partial charge in [0.25, 0.3) is 11.6 Å². The van der Waals surface area contributed by atoms with Crippen LogP contribution in [0.25, 0.3) is 0 Å². The van der Waals surface area contributed by atoms with E-state index in [0.717, 1.165) is 19.3 Å². The van der Waals surface area contributed by atoms with Crippen molar-refractivity contribution in [2.75, 3.05) is 11.9 Å². The molecule has 156 valence electrons. The summed E-state index contributed by atoms with van der Waals surface area (Å²) in [6.45, 7) is 4.41. The number of amides is 1. The van der Waals surface area contributed by atoms with Gasteiger partial charge in [0, 0.05) is 17.7 Å². The maximum Gasteiger partial charge on any atom is 0.271 e. The zero-order valence-electron chi connectivity index (χ0n) is 16.5. The van der Waals surface area contributed by atoms with Crippen LogP contribution in [-0.2, 0) is 0 Å². The zero-order valence-corrected chi connectivity index (χ0v) is 18.0. The number of hydrogen-bond acceptors (Lipinski definition) is 4. The van der Waals surface area contributed by atoms with Gasteiger partial charge in [0.2, 0.25) is 0 Å². The second kappa shape index (κ2) is 11.0. The number of benzene rings is 2. The van der Waals surface area contributed by atoms with Crippen LogP contribution >= 0.6 is 23.2 Å². The maximum atomic E-state index is 12.6. The molecule has 8 heteroatoms. The lowest BCUT2D eigenvalue weighted by Gasteiger charge is -2.13. The van der Waals surface area contributed by atoms with E-state index in [1.54, 1.807) is 13.0 Å². The van der Waals surface area contributed by atoms with Gasteiger partial charge in [0.15, 0.2) is 5.75 Å². The highest BCUT2D eigenvalue weighted by atomic mass is 35.5. The Kier molecular flexibility index (Phi) is 8.73. The molecule has 0 aromatic heterocycles. The molecule has 0 saturated carbocycles. The molecule has 0 fully saturated rings. The van der Waals surface area contributed by atoms with Crippen LogP contribution in [0.2, 0.25) is 10.0 Å². The Bertz CT molecular complexity index is 864. The van der Waals surface area contributed by atoms with Crippen molar-refractivity contribution in [3.05, 3.63) is 61.6 Å². The fourth-order valence-corrected chi connectivity index (χ4v) is 3.36. The number of ether oxygens (including phenoxy) is 1. The molecule has 0 radical (unpaired) electrons. The number of anilines is 1. The highest BCUT2D eigenvalue weighted by Crippen LogP contribution is 2.35. The van der Waals surface area contributed by atoms with Crippen LogP contribution in [0.15, 0.2) is 30.3 Å². The fraction of sp³-hybridized carbons (Fsp3) is 0.381. The summed E-state index contributed by atoms with van der Waals surface area (Å²) in [4.78, 5) is 23.0. The van der Waals surface area contributed by atoms with E-state index in [-0.39, 0.29) is 21.3 Å². The Morgan fingerprint density at radius 2 is 1.76 bits per heavy atom. The molecule has 0 aliphatic rings. The number of nitro groups is 1. The zero-order chi connectivity index (χ0) is 21.4. The topological polar surface area (TPSA) is 81.5 Å². The minimum atomic E-state index is -0.517. The van der Waals surface area contributed by atoms with E-state index in [1.807, 2.05) is 0 Å². The number of unbranched alkanes of at least 4 members (excludes halogenated alkanes) is 4. The van der Waals surface area contributed by atoms with Gasteiger partial charge in [-0.25, -0.2) is 0 Å². The summed E-state index contributed by atoms with van der Waals surface area (Å²) in [6.07, 6.45) is 5.53. The number of carbonyl (C=O) groups is 1. The lowest BCUT2D eigenvalue weighted by Crippen LogP contribution is -2.13. The molecule has 1 N–H and O–H groups in total. The third-order valence-corrected chi connectivity index (χ3v) is 5.00. The standard InChI is InChI=1S/C21H24Cl2N2O4/c1-3-4-5-6-7-10-29-20-17(22)11-15(12-18(20)23)21(26)24-19-13-16(25(27)28)9-8-14(19)2/h8-9,11-13H,3-7,10H2,1-2H3,(H,24,26). The molecular weight excluding hydrogens is 415 g/mol. The van der Waals surface area contributed by atoms with E-state index in [0.29, 0.717) is 23.6 Å². The third kappa shape index (κ3) is 6.61. The molecule has 1 amide bonds. The number of nitrogens with zero attached hydrogens (tertiary/aromatic N) is 1. The second-order valence-corrected chi connectivity index (χ2v) is 7.56. The van der Waals surface area contributed by atoms with Crippen molar-refractivity contribution in [2.45, 2.75) is 46.0 Å². The second-order valence-electron chi connectivity index (χ2n) is 6.74. The number of hydrogen-bond donors (Lipinski definition) is 1. The van der Waals surface area contributed by atoms with Crippen molar-refractivity contribution in [3.63, 3.8) is 0 Å². The summed E-state index contributed by atoms with van der Waals surface area (Å²) in [5.41, 5.74) is 1.18. The van der Waals surface area contributed by atoms with Crippen molar-refractivity contribution in [1.29, 1.82) is 0 Å². The van der Waals surface area contributed by atoms with E-state index in [1.165, 1.54) is 37.1 Å². The first-order valence-corrected chi connectivity index (χ1v) is 10.3. The van der Waals surface area contributed by atoms with E-state index >= 15 is 0 Å². The van der Waals surface area contributed by atoms with Crippen molar-refractivity contribution in [2.24, 2.45) is 0 Å². The van der Waals surface area contributed by atoms with Crippen LogP contribution in [0.3, 0.4) is 0 Å². The maximum absolute atomic E-state index is 12.6. The van der Waals surface area contributed by atoms with Gasteiger partial charge in [-0.15, -0.1) is 0 Å². The van der Waals surface area contributed by atoms with Gasteiger partial charge in [-0.2, -0.15) is 0 Å². The quantitative estimate of drug-likeness (QED) is 0.250. The Hall–Kier alpha value is -2.31. The monoisotopic (exact) mass is 438 g/mol. The van der Waals surface area contributed by atoms with Crippen LogP contribution < -0.4 is 10.1 Å². The first-order valence-electron chi connectivity index (χ1n) is 9.51. The summed E-state index contributed by atoms with van der Waals surface area (Å²) in [6, 6.07) is 7.22. The number of halogens is 2. The predicted molar refractivity (Wildman–Crippen MR) is 117 cm³/mol. The molecule has 0 aliphatic carbocycles. The first kappa shape index (κ1) is 23.0. The molecule has 0 heterocycles. The highest BCUT2D eigenvalue weighted by Gasteiger charge is 2.16. The van der Waals surface area contributed by atoms with E-state index in [4.69, 9.17) is 27.9 Å². The van der Waals surface area contributed by atoms with Crippen LogP contribution in [0.1, 0.15) is 54.9 Å². The summed E-state index contributed by atoms with van der Waals surface area (Å²) >= 11 is 12.5. The van der Waals surface area contributed by atoms with E-state index < -0.39 is 10.8 Å². The molecule has 29 heavy (non-hydrogen) atoms. The van der Waals surface area contributed by atoms with Gasteiger partial charge in [-0.3, -0.25) is 14.9 Å². The van der Waals surface area contributed by atoms with Gasteiger partial charge < -0.3 is 10.1 Å². The normalized spacial score (nSPS) is 10.6. The van der Waals surface area contributed by atoms with E-state index in [2.05, 4.69) is 12.2 Å². The Morgan fingerprint density at radius 1 is 1.10 bits per heavy atom. The SMILES string of the molecule is CCCCCCCOc1c(Cl)cc(C(=O)Nc2cc([N+](=O)[O-])ccc2C)cc1Cl. The van der Waals surface area contributed by atoms with Gasteiger partial charge in [0.05, 0.1) is 27.3 Å². The molecular formula is C21H24Cl2N2O4. The Balaban J connectivity index is 2.07. The molecule has 0 aliphatic heterocycles. The number of nitro benzene ring substituents is 1. The minimum Gasteiger partial charge on any atom is -0.490 e. The number of aryl methyl sites for hydroxylation is 1. The Morgan fingerprint density at radius 3 is 2.38 bits per heavy atom. The lowest BCUT2D eigenvalue weighted by molar-refractivity contribution is -0.384. The smallest absolute Gasteiger partial charge is 0.271 e. The van der Waals surface area contributed by atoms with Crippen LogP contribution in [-0.4, -0.2) is 17.4 Å². The van der Waals surface area contributed by atoms with Crippen LogP contribution in [0.4, 0.5) is 11.4 Å². The molecule has 0 atom stereocenters. The molecule has 2 aromatic rings. The average Bonchev–Trinajstić information content (AvgIpc) is 2.67. The number of nitrogens with one attached hydrogen (secondary N) is 1. The lowest BCUT2D eigenvalue weighted by atomic mass is 10.1. The van der Waals surface area contributed by atoms with Gasteiger partial charge in [-0.05, 0) is 31.0 Å². The number of carbonyl (C=O) groups excluding carboxylic acids is 1. The molecule has 0 bridgehead atoms. The minimum absolute atomic E-state index is 0.107. The number of rotatable bonds is 10. The van der Waals surface area contributed by atoms with Crippen molar-refractivity contribution >= 4 is 40.5 Å². The molecule has 2 aromatic carbocycles. The largest absolute Gasteiger partial charge is 0.490 e. The van der Waals surface area contributed by atoms with Crippen LogP contribution in [0.5, 0.6) is 5.75 Å². The molecule has 6 nitrogen and oxygen atoms in total. The summed E-state index contributed by atoms with van der Waals surface area (Å²) in [5.74, 6) is -0.115. The fourth-order valence-electron chi connectivity index (χ4n) is 2.76. The highest BCUT2D eigenvalue weighted by molar-refractivity contribution is 6.37. The van der Waals surface area contributed by atoms with Crippen molar-refractivity contribution in [1.82, 2.24) is 0 Å². The summed E-state index contributed by atoms with van der Waals surface area (Å²) in [7, 11) is 0. The molecule has 2 rings (SSSR count). The van der Waals surface area contributed by atoms with Gasteiger partial charge in [0.1, 0.15) is 0 Å². The predicted octanol–water partition coefficient (Wildman–Crippen LogP) is 6.81. The Labute approximate surface area is 180 Å². The average molecular weight is 439 g/mol. The third-order valence-electron chi connectivity index (χ3n) is 4.43. The summed E-state index contributed by atoms with van der Waals surface area (Å²) in [5, 5.41) is 14.1. The number of non-ortho nitro benzene ring substituents is 1. The van der Waals surface area contributed by atoms with Crippen molar-refractivity contribution < 1.29 is 14.5 Å². The molecule has 0 saturated heterocycles. The van der Waals surface area contributed by atoms with Crippen LogP contribution in [0, 0.1) is 17.0 Å². The summed E-state index contributed by atoms with van der Waals surface area (Å²) < 4.78 is 5.69. The van der Waals surface area contributed by atoms with Gasteiger partial charge >= 0.3 is 0 Å². The molecule has 0 unspecified atom stereocenters. The first-order chi connectivity index (χ1) is 13.8. The van der Waals surface area contributed by atoms with Gasteiger partial charge in [-0.1, -0.05) is 61.9 Å². The van der Waals surface area contributed by atoms with Crippen molar-refractivity contribution in [3.8, 4) is 5.75 Å².